The minimum absolute atomic E-state index is 0.587. The number of aromatic nitrogens is 2. The Balaban J connectivity index is 2.14. The third kappa shape index (κ3) is 3.62. The Labute approximate surface area is 130 Å². The van der Waals surface area contributed by atoms with Crippen LogP contribution in [0.1, 0.15) is 46.0 Å². The van der Waals surface area contributed by atoms with Gasteiger partial charge in [0.1, 0.15) is 22.4 Å². The Morgan fingerprint density at radius 3 is 2.90 bits per heavy atom. The molecule has 112 valence electrons. The molecule has 0 aliphatic heterocycles. The molecule has 1 aromatic rings. The Bertz CT molecular complexity index is 438. The molecule has 0 bridgehead atoms. The van der Waals surface area contributed by atoms with Gasteiger partial charge >= 0.3 is 0 Å². The number of halogens is 1. The highest BCUT2D eigenvalue weighted by Gasteiger charge is 2.25. The van der Waals surface area contributed by atoms with Crippen molar-refractivity contribution in [2.45, 2.75) is 52.0 Å². The van der Waals surface area contributed by atoms with E-state index >= 15 is 0 Å². The minimum Gasteiger partial charge on any atom is -0.369 e. The van der Waals surface area contributed by atoms with E-state index in [0.717, 1.165) is 35.0 Å². The Morgan fingerprint density at radius 2 is 2.20 bits per heavy atom. The Hall–Kier alpha value is -0.840. The lowest BCUT2D eigenvalue weighted by atomic mass is 9.86. The van der Waals surface area contributed by atoms with Crippen molar-refractivity contribution in [1.29, 1.82) is 0 Å². The van der Waals surface area contributed by atoms with Gasteiger partial charge in [0.05, 0.1) is 0 Å². The van der Waals surface area contributed by atoms with Crippen molar-refractivity contribution in [3.8, 4) is 0 Å². The second-order valence-electron chi connectivity index (χ2n) is 5.82. The van der Waals surface area contributed by atoms with Crippen LogP contribution in [0.2, 0.25) is 0 Å². The molecule has 0 radical (unpaired) electrons. The highest BCUT2D eigenvalue weighted by atomic mass is 79.9. The first-order valence-electron chi connectivity index (χ1n) is 7.60. The van der Waals surface area contributed by atoms with Gasteiger partial charge in [0.25, 0.3) is 0 Å². The lowest BCUT2D eigenvalue weighted by molar-refractivity contribution is 0.335. The third-order valence-electron chi connectivity index (χ3n) is 4.10. The summed E-state index contributed by atoms with van der Waals surface area (Å²) in [6.45, 7) is 5.43. The molecule has 1 heterocycles. The van der Waals surface area contributed by atoms with E-state index in [1.54, 1.807) is 6.33 Å². The third-order valence-corrected chi connectivity index (χ3v) is 4.83. The van der Waals surface area contributed by atoms with Crippen LogP contribution in [0.15, 0.2) is 10.8 Å². The van der Waals surface area contributed by atoms with Crippen LogP contribution in [-0.4, -0.2) is 29.6 Å². The van der Waals surface area contributed by atoms with Gasteiger partial charge in [-0.05, 0) is 41.1 Å². The van der Waals surface area contributed by atoms with Crippen molar-refractivity contribution in [3.63, 3.8) is 0 Å². The molecule has 1 aromatic heterocycles. The van der Waals surface area contributed by atoms with Gasteiger partial charge in [-0.1, -0.05) is 26.7 Å². The molecular formula is C15H25BrN4. The molecule has 1 saturated carbocycles. The number of nitrogens with one attached hydrogen (secondary N) is 1. The second kappa shape index (κ2) is 7.25. The Morgan fingerprint density at radius 1 is 1.40 bits per heavy atom. The molecule has 0 aromatic carbocycles. The maximum atomic E-state index is 4.48. The molecule has 1 fully saturated rings. The van der Waals surface area contributed by atoms with Crippen molar-refractivity contribution in [2.24, 2.45) is 5.92 Å². The summed E-state index contributed by atoms with van der Waals surface area (Å²) in [5.41, 5.74) is 0. The molecule has 5 heteroatoms. The van der Waals surface area contributed by atoms with Crippen LogP contribution in [0.3, 0.4) is 0 Å². The minimum atomic E-state index is 0.587. The quantitative estimate of drug-likeness (QED) is 0.876. The number of hydrogen-bond acceptors (Lipinski definition) is 4. The van der Waals surface area contributed by atoms with Gasteiger partial charge in [0.15, 0.2) is 0 Å². The van der Waals surface area contributed by atoms with E-state index in [2.05, 4.69) is 57.0 Å². The molecule has 0 amide bonds. The van der Waals surface area contributed by atoms with Crippen molar-refractivity contribution >= 4 is 27.6 Å². The lowest BCUT2D eigenvalue weighted by Gasteiger charge is -2.35. The fourth-order valence-electron chi connectivity index (χ4n) is 2.90. The average Bonchev–Trinajstić information content (AvgIpc) is 2.45. The van der Waals surface area contributed by atoms with E-state index in [4.69, 9.17) is 0 Å². The Kier molecular flexibility index (Phi) is 5.64. The molecule has 1 aliphatic rings. The molecule has 0 saturated heterocycles. The number of rotatable bonds is 5. The molecule has 2 unspecified atom stereocenters. The SMILES string of the molecule is CCCNc1ncnc(N(C)C2CCCC(C)C2)c1Br. The number of anilines is 2. The smallest absolute Gasteiger partial charge is 0.148 e. The first-order valence-corrected chi connectivity index (χ1v) is 8.40. The molecule has 2 atom stereocenters. The zero-order chi connectivity index (χ0) is 14.5. The van der Waals surface area contributed by atoms with E-state index in [-0.39, 0.29) is 0 Å². The van der Waals surface area contributed by atoms with E-state index in [0.29, 0.717) is 6.04 Å². The van der Waals surface area contributed by atoms with Crippen molar-refractivity contribution in [1.82, 2.24) is 9.97 Å². The maximum absolute atomic E-state index is 4.48. The highest BCUT2D eigenvalue weighted by Crippen LogP contribution is 2.34. The van der Waals surface area contributed by atoms with Crippen LogP contribution in [-0.2, 0) is 0 Å². The van der Waals surface area contributed by atoms with Gasteiger partial charge < -0.3 is 10.2 Å². The van der Waals surface area contributed by atoms with Gasteiger partial charge in [-0.2, -0.15) is 0 Å². The lowest BCUT2D eigenvalue weighted by Crippen LogP contribution is -2.36. The normalized spacial score (nSPS) is 22.6. The van der Waals surface area contributed by atoms with E-state index in [1.807, 2.05) is 0 Å². The summed E-state index contributed by atoms with van der Waals surface area (Å²) < 4.78 is 0.981. The summed E-state index contributed by atoms with van der Waals surface area (Å²) in [7, 11) is 2.15. The summed E-state index contributed by atoms with van der Waals surface area (Å²) in [6, 6.07) is 0.587. The molecule has 1 N–H and O–H groups in total. The fraction of sp³-hybridized carbons (Fsp3) is 0.733. The number of hydrogen-bond donors (Lipinski definition) is 1. The molecular weight excluding hydrogens is 316 g/mol. The van der Waals surface area contributed by atoms with Crippen molar-refractivity contribution < 1.29 is 0 Å². The van der Waals surface area contributed by atoms with Crippen LogP contribution in [0.5, 0.6) is 0 Å². The molecule has 20 heavy (non-hydrogen) atoms. The standard InChI is InChI=1S/C15H25BrN4/c1-4-8-17-14-13(16)15(19-10-18-14)20(3)12-7-5-6-11(2)9-12/h10-12H,4-9H2,1-3H3,(H,17,18,19). The largest absolute Gasteiger partial charge is 0.369 e. The van der Waals surface area contributed by atoms with Crippen LogP contribution in [0, 0.1) is 5.92 Å². The zero-order valence-corrected chi connectivity index (χ0v) is 14.3. The molecule has 2 rings (SSSR count). The average molecular weight is 341 g/mol. The van der Waals surface area contributed by atoms with Gasteiger partial charge in [-0.15, -0.1) is 0 Å². The topological polar surface area (TPSA) is 41.1 Å². The molecule has 4 nitrogen and oxygen atoms in total. The van der Waals surface area contributed by atoms with E-state index < -0.39 is 0 Å². The molecule has 0 spiro atoms. The van der Waals surface area contributed by atoms with Gasteiger partial charge in [0, 0.05) is 19.6 Å². The molecule has 1 aliphatic carbocycles. The zero-order valence-electron chi connectivity index (χ0n) is 12.7. The van der Waals surface area contributed by atoms with Gasteiger partial charge in [-0.3, -0.25) is 0 Å². The van der Waals surface area contributed by atoms with Crippen LogP contribution >= 0.6 is 15.9 Å². The van der Waals surface area contributed by atoms with E-state index in [9.17, 15) is 0 Å². The summed E-state index contributed by atoms with van der Waals surface area (Å²) in [5, 5.41) is 3.34. The summed E-state index contributed by atoms with van der Waals surface area (Å²) in [6.07, 6.45) is 7.93. The maximum Gasteiger partial charge on any atom is 0.148 e. The predicted octanol–water partition coefficient (Wildman–Crippen LogP) is 4.08. The van der Waals surface area contributed by atoms with Crippen LogP contribution in [0.4, 0.5) is 11.6 Å². The fourth-order valence-corrected chi connectivity index (χ4v) is 3.52. The van der Waals surface area contributed by atoms with Gasteiger partial charge in [0.2, 0.25) is 0 Å². The summed E-state index contributed by atoms with van der Waals surface area (Å²) in [4.78, 5) is 11.1. The first-order chi connectivity index (χ1) is 9.63. The van der Waals surface area contributed by atoms with Crippen LogP contribution in [0.25, 0.3) is 0 Å². The number of nitrogens with zero attached hydrogens (tertiary/aromatic N) is 3. The first kappa shape index (κ1) is 15.5. The monoisotopic (exact) mass is 340 g/mol. The van der Waals surface area contributed by atoms with Crippen molar-refractivity contribution in [3.05, 3.63) is 10.8 Å². The van der Waals surface area contributed by atoms with Crippen LogP contribution < -0.4 is 10.2 Å². The second-order valence-corrected chi connectivity index (χ2v) is 6.62. The summed E-state index contributed by atoms with van der Waals surface area (Å²) in [5.74, 6) is 2.71. The highest BCUT2D eigenvalue weighted by molar-refractivity contribution is 9.10. The predicted molar refractivity (Wildman–Crippen MR) is 88.3 cm³/mol. The van der Waals surface area contributed by atoms with E-state index in [1.165, 1.54) is 25.7 Å². The summed E-state index contributed by atoms with van der Waals surface area (Å²) >= 11 is 3.66. The van der Waals surface area contributed by atoms with Gasteiger partial charge in [-0.25, -0.2) is 9.97 Å². The van der Waals surface area contributed by atoms with Crippen molar-refractivity contribution in [2.75, 3.05) is 23.8 Å².